The summed E-state index contributed by atoms with van der Waals surface area (Å²) >= 11 is 11.6. The Morgan fingerprint density at radius 2 is 1.83 bits per heavy atom. The molecule has 0 aliphatic rings. The molecule has 0 fully saturated rings. The normalized spacial score (nSPS) is 9.83. The number of nitriles is 1. The van der Waals surface area contributed by atoms with E-state index >= 15 is 0 Å². The number of benzene rings is 1. The topological polar surface area (TPSA) is 45.9 Å². The van der Waals surface area contributed by atoms with Gasteiger partial charge in [-0.05, 0) is 36.4 Å². The molecule has 2 aromatic rings. The standard InChI is InChI=1S/C13H8Cl2N2O/c14-12-6-3-10(13(15)17-12)8-18-11-4-1-9(7-16)2-5-11/h1-6H,8H2. The Bertz CT molecular complexity index is 591. The molecule has 90 valence electrons. The van der Waals surface area contributed by atoms with E-state index in [0.29, 0.717) is 28.2 Å². The first-order valence-electron chi connectivity index (χ1n) is 5.13. The van der Waals surface area contributed by atoms with E-state index in [1.165, 1.54) is 0 Å². The highest BCUT2D eigenvalue weighted by Gasteiger charge is 2.03. The molecule has 0 aliphatic heterocycles. The average molecular weight is 279 g/mol. The van der Waals surface area contributed by atoms with E-state index in [0.717, 1.165) is 5.56 Å². The lowest BCUT2D eigenvalue weighted by molar-refractivity contribution is 0.306. The lowest BCUT2D eigenvalue weighted by atomic mass is 10.2. The maximum absolute atomic E-state index is 8.67. The molecule has 1 aromatic carbocycles. The molecule has 0 radical (unpaired) electrons. The minimum atomic E-state index is 0.300. The molecular weight excluding hydrogens is 271 g/mol. The zero-order valence-electron chi connectivity index (χ0n) is 9.23. The number of aromatic nitrogens is 1. The van der Waals surface area contributed by atoms with Gasteiger partial charge >= 0.3 is 0 Å². The maximum atomic E-state index is 8.67. The van der Waals surface area contributed by atoms with Crippen molar-refractivity contribution in [2.45, 2.75) is 6.61 Å². The van der Waals surface area contributed by atoms with Gasteiger partial charge in [-0.2, -0.15) is 5.26 Å². The summed E-state index contributed by atoms with van der Waals surface area (Å²) in [6.45, 7) is 0.300. The van der Waals surface area contributed by atoms with Crippen LogP contribution in [-0.4, -0.2) is 4.98 Å². The summed E-state index contributed by atoms with van der Waals surface area (Å²) in [5.74, 6) is 0.667. The zero-order chi connectivity index (χ0) is 13.0. The smallest absolute Gasteiger partial charge is 0.137 e. The molecule has 0 saturated carbocycles. The van der Waals surface area contributed by atoms with Crippen molar-refractivity contribution in [3.8, 4) is 11.8 Å². The Hall–Kier alpha value is -1.76. The van der Waals surface area contributed by atoms with Crippen molar-refractivity contribution < 1.29 is 4.74 Å². The summed E-state index contributed by atoms with van der Waals surface area (Å²) in [5.41, 5.74) is 1.35. The van der Waals surface area contributed by atoms with Gasteiger partial charge in [0.2, 0.25) is 0 Å². The molecule has 0 saturated heterocycles. The first-order valence-corrected chi connectivity index (χ1v) is 5.88. The van der Waals surface area contributed by atoms with Gasteiger partial charge in [0, 0.05) is 5.56 Å². The van der Waals surface area contributed by atoms with Crippen LogP contribution in [0.25, 0.3) is 0 Å². The summed E-state index contributed by atoms with van der Waals surface area (Å²) < 4.78 is 5.54. The Balaban J connectivity index is 2.04. The van der Waals surface area contributed by atoms with Gasteiger partial charge in [-0.25, -0.2) is 4.98 Å². The second-order valence-electron chi connectivity index (χ2n) is 3.51. The Morgan fingerprint density at radius 1 is 1.11 bits per heavy atom. The van der Waals surface area contributed by atoms with Gasteiger partial charge in [-0.15, -0.1) is 0 Å². The van der Waals surface area contributed by atoms with E-state index in [2.05, 4.69) is 4.98 Å². The molecule has 0 N–H and O–H groups in total. The molecule has 2 rings (SSSR count). The van der Waals surface area contributed by atoms with Crippen LogP contribution in [-0.2, 0) is 6.61 Å². The largest absolute Gasteiger partial charge is 0.489 e. The minimum Gasteiger partial charge on any atom is -0.489 e. The predicted octanol–water partition coefficient (Wildman–Crippen LogP) is 3.84. The van der Waals surface area contributed by atoms with Gasteiger partial charge in [0.05, 0.1) is 11.6 Å². The molecule has 0 unspecified atom stereocenters. The van der Waals surface area contributed by atoms with Crippen molar-refractivity contribution in [1.29, 1.82) is 5.26 Å². The second-order valence-corrected chi connectivity index (χ2v) is 4.25. The molecule has 1 heterocycles. The highest BCUT2D eigenvalue weighted by atomic mass is 35.5. The van der Waals surface area contributed by atoms with Gasteiger partial charge in [-0.1, -0.05) is 23.2 Å². The van der Waals surface area contributed by atoms with Crippen LogP contribution in [0, 0.1) is 11.3 Å². The number of halogens is 2. The van der Waals surface area contributed by atoms with Gasteiger partial charge < -0.3 is 4.74 Å². The minimum absolute atomic E-state index is 0.300. The molecule has 0 atom stereocenters. The van der Waals surface area contributed by atoms with E-state index in [-0.39, 0.29) is 0 Å². The van der Waals surface area contributed by atoms with Crippen molar-refractivity contribution in [2.24, 2.45) is 0 Å². The maximum Gasteiger partial charge on any atom is 0.137 e. The average Bonchev–Trinajstić information content (AvgIpc) is 2.38. The van der Waals surface area contributed by atoms with Gasteiger partial charge in [0.1, 0.15) is 22.7 Å². The highest BCUT2D eigenvalue weighted by Crippen LogP contribution is 2.19. The van der Waals surface area contributed by atoms with Crippen LogP contribution in [0.4, 0.5) is 0 Å². The van der Waals surface area contributed by atoms with Crippen LogP contribution in [0.3, 0.4) is 0 Å². The SMILES string of the molecule is N#Cc1ccc(OCc2ccc(Cl)nc2Cl)cc1. The fraction of sp³-hybridized carbons (Fsp3) is 0.0769. The molecule has 3 nitrogen and oxygen atoms in total. The van der Waals surface area contributed by atoms with E-state index in [9.17, 15) is 0 Å². The van der Waals surface area contributed by atoms with E-state index in [1.807, 2.05) is 6.07 Å². The third-order valence-electron chi connectivity index (χ3n) is 2.27. The monoisotopic (exact) mass is 278 g/mol. The molecule has 0 aliphatic carbocycles. The van der Waals surface area contributed by atoms with Crippen LogP contribution in [0.2, 0.25) is 10.3 Å². The second kappa shape index (κ2) is 5.72. The van der Waals surface area contributed by atoms with Crippen LogP contribution in [0.5, 0.6) is 5.75 Å². The summed E-state index contributed by atoms with van der Waals surface area (Å²) in [6.07, 6.45) is 0. The number of hydrogen-bond donors (Lipinski definition) is 0. The number of nitrogens with zero attached hydrogens (tertiary/aromatic N) is 2. The van der Waals surface area contributed by atoms with E-state index in [1.54, 1.807) is 36.4 Å². The van der Waals surface area contributed by atoms with Crippen molar-refractivity contribution in [1.82, 2.24) is 4.98 Å². The molecule has 0 spiro atoms. The van der Waals surface area contributed by atoms with Crippen molar-refractivity contribution in [3.63, 3.8) is 0 Å². The highest BCUT2D eigenvalue weighted by molar-refractivity contribution is 6.32. The van der Waals surface area contributed by atoms with Gasteiger partial charge in [-0.3, -0.25) is 0 Å². The quantitative estimate of drug-likeness (QED) is 0.802. The Labute approximate surface area is 115 Å². The summed E-state index contributed by atoms with van der Waals surface area (Å²) in [6, 6.07) is 12.3. The van der Waals surface area contributed by atoms with Crippen LogP contribution in [0.1, 0.15) is 11.1 Å². The van der Waals surface area contributed by atoms with Gasteiger partial charge in [0.15, 0.2) is 0 Å². The third kappa shape index (κ3) is 3.13. The van der Waals surface area contributed by atoms with Crippen molar-refractivity contribution >= 4 is 23.2 Å². The number of hydrogen-bond acceptors (Lipinski definition) is 3. The summed E-state index contributed by atoms with van der Waals surface area (Å²) in [7, 11) is 0. The third-order valence-corrected chi connectivity index (χ3v) is 2.81. The van der Waals surface area contributed by atoms with Crippen molar-refractivity contribution in [3.05, 3.63) is 57.8 Å². The van der Waals surface area contributed by atoms with Crippen LogP contribution < -0.4 is 4.74 Å². The van der Waals surface area contributed by atoms with Crippen LogP contribution in [0.15, 0.2) is 36.4 Å². The first kappa shape index (κ1) is 12.7. The molecular formula is C13H8Cl2N2O. The lowest BCUT2D eigenvalue weighted by Gasteiger charge is -2.07. The fourth-order valence-electron chi connectivity index (χ4n) is 1.34. The molecule has 0 amide bonds. The van der Waals surface area contributed by atoms with Gasteiger partial charge in [0.25, 0.3) is 0 Å². The zero-order valence-corrected chi connectivity index (χ0v) is 10.7. The molecule has 1 aromatic heterocycles. The van der Waals surface area contributed by atoms with Crippen LogP contribution >= 0.6 is 23.2 Å². The number of rotatable bonds is 3. The summed E-state index contributed by atoms with van der Waals surface area (Å²) in [4.78, 5) is 3.92. The Morgan fingerprint density at radius 3 is 2.44 bits per heavy atom. The number of pyridine rings is 1. The van der Waals surface area contributed by atoms with E-state index < -0.39 is 0 Å². The fourth-order valence-corrected chi connectivity index (χ4v) is 1.73. The molecule has 0 bridgehead atoms. The summed E-state index contributed by atoms with van der Waals surface area (Å²) in [5, 5.41) is 9.35. The lowest BCUT2D eigenvalue weighted by Crippen LogP contribution is -1.97. The number of ether oxygens (including phenoxy) is 1. The molecule has 18 heavy (non-hydrogen) atoms. The Kier molecular flexibility index (Phi) is 4.03. The predicted molar refractivity (Wildman–Crippen MR) is 69.7 cm³/mol. The van der Waals surface area contributed by atoms with E-state index in [4.69, 9.17) is 33.2 Å². The first-order chi connectivity index (χ1) is 8.69. The molecule has 5 heteroatoms. The van der Waals surface area contributed by atoms with Crippen molar-refractivity contribution in [2.75, 3.05) is 0 Å².